The average molecular weight is 271 g/mol. The van der Waals surface area contributed by atoms with Gasteiger partial charge in [0.15, 0.2) is 0 Å². The molecule has 1 atom stereocenters. The molecular weight excluding hydrogens is 250 g/mol. The van der Waals surface area contributed by atoms with E-state index >= 15 is 0 Å². The van der Waals surface area contributed by atoms with Crippen molar-refractivity contribution in [3.8, 4) is 5.75 Å². The number of benzene rings is 1. The smallest absolute Gasteiger partial charge is 0.122 e. The molecule has 1 aliphatic rings. The SMILES string of the molecule is CCNC(Cc1cnn(C)c1)c1ccc2c(c1)CCO2. The van der Waals surface area contributed by atoms with Crippen LogP contribution in [-0.4, -0.2) is 22.9 Å². The van der Waals surface area contributed by atoms with Crippen molar-refractivity contribution in [2.24, 2.45) is 7.05 Å². The third kappa shape index (κ3) is 2.70. The first-order valence-corrected chi connectivity index (χ1v) is 7.23. The highest BCUT2D eigenvalue weighted by Crippen LogP contribution is 2.29. The first-order chi connectivity index (χ1) is 9.76. The molecule has 3 rings (SSSR count). The van der Waals surface area contributed by atoms with Gasteiger partial charge in [0.2, 0.25) is 0 Å². The van der Waals surface area contributed by atoms with E-state index in [1.807, 2.05) is 17.9 Å². The van der Waals surface area contributed by atoms with Gasteiger partial charge in [-0.25, -0.2) is 0 Å². The van der Waals surface area contributed by atoms with Crippen molar-refractivity contribution in [2.75, 3.05) is 13.2 Å². The molecule has 0 fully saturated rings. The Balaban J connectivity index is 1.82. The van der Waals surface area contributed by atoms with Crippen molar-refractivity contribution in [3.63, 3.8) is 0 Å². The highest BCUT2D eigenvalue weighted by molar-refractivity contribution is 5.41. The molecule has 0 bridgehead atoms. The van der Waals surface area contributed by atoms with Crippen LogP contribution >= 0.6 is 0 Å². The van der Waals surface area contributed by atoms with Gasteiger partial charge < -0.3 is 10.1 Å². The highest BCUT2D eigenvalue weighted by Gasteiger charge is 2.17. The van der Waals surface area contributed by atoms with E-state index in [-0.39, 0.29) is 0 Å². The van der Waals surface area contributed by atoms with Crippen molar-refractivity contribution in [3.05, 3.63) is 47.3 Å². The Hall–Kier alpha value is -1.81. The molecule has 4 nitrogen and oxygen atoms in total. The highest BCUT2D eigenvalue weighted by atomic mass is 16.5. The molecule has 106 valence electrons. The number of aromatic nitrogens is 2. The Kier molecular flexibility index (Phi) is 3.74. The summed E-state index contributed by atoms with van der Waals surface area (Å²) >= 11 is 0. The molecule has 1 aliphatic heterocycles. The lowest BCUT2D eigenvalue weighted by atomic mass is 9.98. The van der Waals surface area contributed by atoms with Crippen LogP contribution < -0.4 is 10.1 Å². The van der Waals surface area contributed by atoms with Crippen molar-refractivity contribution >= 4 is 0 Å². The summed E-state index contributed by atoms with van der Waals surface area (Å²) in [6.45, 7) is 3.92. The predicted octanol–water partition coefficient (Wildman–Crippen LogP) is 2.25. The molecular formula is C16H21N3O. The molecule has 0 radical (unpaired) electrons. The number of nitrogens with one attached hydrogen (secondary N) is 1. The van der Waals surface area contributed by atoms with Crippen LogP contribution in [0, 0.1) is 0 Å². The number of likely N-dealkylation sites (N-methyl/N-ethyl adjacent to an activating group) is 1. The lowest BCUT2D eigenvalue weighted by molar-refractivity contribution is 0.356. The molecule has 0 aliphatic carbocycles. The summed E-state index contributed by atoms with van der Waals surface area (Å²) in [4.78, 5) is 0. The molecule has 0 saturated heterocycles. The number of fused-ring (bicyclic) bond motifs is 1. The number of hydrogen-bond donors (Lipinski definition) is 1. The number of hydrogen-bond acceptors (Lipinski definition) is 3. The van der Waals surface area contributed by atoms with E-state index in [9.17, 15) is 0 Å². The lowest BCUT2D eigenvalue weighted by Gasteiger charge is -2.18. The van der Waals surface area contributed by atoms with E-state index in [2.05, 4.69) is 41.7 Å². The van der Waals surface area contributed by atoms with E-state index in [0.29, 0.717) is 6.04 Å². The van der Waals surface area contributed by atoms with E-state index in [4.69, 9.17) is 4.74 Å². The molecule has 0 saturated carbocycles. The zero-order valence-electron chi connectivity index (χ0n) is 12.1. The summed E-state index contributed by atoms with van der Waals surface area (Å²) in [5.74, 6) is 1.05. The summed E-state index contributed by atoms with van der Waals surface area (Å²) in [6.07, 6.45) is 6.01. The summed E-state index contributed by atoms with van der Waals surface area (Å²) in [7, 11) is 1.96. The van der Waals surface area contributed by atoms with Crippen LogP contribution in [0.1, 0.15) is 29.7 Å². The minimum atomic E-state index is 0.329. The first-order valence-electron chi connectivity index (χ1n) is 7.23. The van der Waals surface area contributed by atoms with Crippen molar-refractivity contribution in [1.29, 1.82) is 0 Å². The average Bonchev–Trinajstić information content (AvgIpc) is 3.06. The van der Waals surface area contributed by atoms with Gasteiger partial charge in [-0.1, -0.05) is 19.1 Å². The van der Waals surface area contributed by atoms with Gasteiger partial charge in [-0.2, -0.15) is 5.10 Å². The molecule has 1 N–H and O–H groups in total. The number of ether oxygens (including phenoxy) is 1. The zero-order chi connectivity index (χ0) is 13.9. The second-order valence-corrected chi connectivity index (χ2v) is 5.30. The quantitative estimate of drug-likeness (QED) is 0.906. The summed E-state index contributed by atoms with van der Waals surface area (Å²) in [5.41, 5.74) is 3.92. The van der Waals surface area contributed by atoms with E-state index in [1.54, 1.807) is 0 Å². The Morgan fingerprint density at radius 2 is 2.35 bits per heavy atom. The Morgan fingerprint density at radius 1 is 1.45 bits per heavy atom. The maximum atomic E-state index is 5.58. The molecule has 1 unspecified atom stereocenters. The zero-order valence-corrected chi connectivity index (χ0v) is 12.1. The normalized spacial score (nSPS) is 14.9. The van der Waals surface area contributed by atoms with Crippen LogP contribution in [0.5, 0.6) is 5.75 Å². The van der Waals surface area contributed by atoms with Gasteiger partial charge in [-0.05, 0) is 35.7 Å². The van der Waals surface area contributed by atoms with E-state index in [1.165, 1.54) is 16.7 Å². The molecule has 0 amide bonds. The standard InChI is InChI=1S/C16H21N3O/c1-3-17-15(8-12-10-18-19(2)11-12)13-4-5-16-14(9-13)6-7-20-16/h4-5,9-11,15,17H,3,6-8H2,1-2H3. The van der Waals surface area contributed by atoms with Crippen LogP contribution in [0.3, 0.4) is 0 Å². The monoisotopic (exact) mass is 271 g/mol. The Bertz CT molecular complexity index is 591. The summed E-state index contributed by atoms with van der Waals surface area (Å²) in [6, 6.07) is 6.89. The van der Waals surface area contributed by atoms with Crippen molar-refractivity contribution in [1.82, 2.24) is 15.1 Å². The van der Waals surface area contributed by atoms with Gasteiger partial charge in [0.25, 0.3) is 0 Å². The van der Waals surface area contributed by atoms with Gasteiger partial charge in [-0.15, -0.1) is 0 Å². The largest absolute Gasteiger partial charge is 0.493 e. The second kappa shape index (κ2) is 5.67. The van der Waals surface area contributed by atoms with Crippen molar-refractivity contribution in [2.45, 2.75) is 25.8 Å². The number of rotatable bonds is 5. The fraction of sp³-hybridized carbons (Fsp3) is 0.438. The van der Waals surface area contributed by atoms with Gasteiger partial charge >= 0.3 is 0 Å². The van der Waals surface area contributed by atoms with Gasteiger partial charge in [0.1, 0.15) is 5.75 Å². The molecule has 20 heavy (non-hydrogen) atoms. The number of nitrogens with zero attached hydrogens (tertiary/aromatic N) is 2. The van der Waals surface area contributed by atoms with Crippen LogP contribution in [0.4, 0.5) is 0 Å². The number of aryl methyl sites for hydroxylation is 1. The van der Waals surface area contributed by atoms with Gasteiger partial charge in [0.05, 0.1) is 12.8 Å². The van der Waals surface area contributed by atoms with Crippen LogP contribution in [0.25, 0.3) is 0 Å². The predicted molar refractivity (Wildman–Crippen MR) is 79.0 cm³/mol. The minimum absolute atomic E-state index is 0.329. The summed E-state index contributed by atoms with van der Waals surface area (Å²) in [5, 5.41) is 7.82. The maximum Gasteiger partial charge on any atom is 0.122 e. The summed E-state index contributed by atoms with van der Waals surface area (Å²) < 4.78 is 7.44. The van der Waals surface area contributed by atoms with Crippen LogP contribution in [0.15, 0.2) is 30.6 Å². The molecule has 1 aromatic heterocycles. The lowest BCUT2D eigenvalue weighted by Crippen LogP contribution is -2.22. The minimum Gasteiger partial charge on any atom is -0.493 e. The van der Waals surface area contributed by atoms with E-state index < -0.39 is 0 Å². The molecule has 2 heterocycles. The Labute approximate surface area is 119 Å². The molecule has 2 aromatic rings. The third-order valence-electron chi connectivity index (χ3n) is 3.76. The van der Waals surface area contributed by atoms with Crippen LogP contribution in [-0.2, 0) is 19.9 Å². The van der Waals surface area contributed by atoms with Gasteiger partial charge in [0, 0.05) is 25.7 Å². The topological polar surface area (TPSA) is 39.1 Å². The first kappa shape index (κ1) is 13.2. The second-order valence-electron chi connectivity index (χ2n) is 5.30. The molecule has 1 aromatic carbocycles. The fourth-order valence-corrected chi connectivity index (χ4v) is 2.79. The third-order valence-corrected chi connectivity index (χ3v) is 3.76. The molecule has 0 spiro atoms. The van der Waals surface area contributed by atoms with Crippen molar-refractivity contribution < 1.29 is 4.74 Å². The van der Waals surface area contributed by atoms with E-state index in [0.717, 1.165) is 31.7 Å². The molecule has 4 heteroatoms. The fourth-order valence-electron chi connectivity index (χ4n) is 2.79. The van der Waals surface area contributed by atoms with Crippen LogP contribution in [0.2, 0.25) is 0 Å². The van der Waals surface area contributed by atoms with Gasteiger partial charge in [-0.3, -0.25) is 4.68 Å². The maximum absolute atomic E-state index is 5.58. The Morgan fingerprint density at radius 3 is 3.10 bits per heavy atom.